The molecule has 0 saturated heterocycles. The zero-order valence-corrected chi connectivity index (χ0v) is 81.5. The molecule has 702 valence electrons. The summed E-state index contributed by atoms with van der Waals surface area (Å²) in [6.07, 6.45) is 0. The highest BCUT2D eigenvalue weighted by Gasteiger charge is 2.28. The fourth-order valence-corrected chi connectivity index (χ4v) is 22.6. The Labute approximate surface area is 864 Å². The van der Waals surface area contributed by atoms with Gasteiger partial charge in [-0.1, -0.05) is 388 Å². The molecule has 0 atom stereocenters. The minimum Gasteiger partial charge on any atom is -0.309 e. The van der Waals surface area contributed by atoms with Gasteiger partial charge in [0, 0.05) is 121 Å². The second kappa shape index (κ2) is 37.2. The third-order valence-corrected chi connectivity index (χ3v) is 29.4. The molecule has 0 bridgehead atoms. The van der Waals surface area contributed by atoms with Crippen LogP contribution in [0.3, 0.4) is 0 Å². The number of rotatable bonds is 15. The van der Waals surface area contributed by atoms with E-state index in [2.05, 4.69) is 507 Å². The van der Waals surface area contributed by atoms with Crippen LogP contribution in [0.25, 0.3) is 266 Å². The smallest absolute Gasteiger partial charge is 0.235 e. The lowest BCUT2D eigenvalue weighted by Gasteiger charge is -2.15. The highest BCUT2D eigenvalue weighted by atomic mass is 15.2. The molecule has 8 heterocycles. The van der Waals surface area contributed by atoms with Gasteiger partial charge in [-0.3, -0.25) is 4.57 Å². The molecule has 11 heteroatoms. The maximum Gasteiger partial charge on any atom is 0.235 e. The van der Waals surface area contributed by atoms with Crippen molar-refractivity contribution in [2.75, 3.05) is 0 Å². The Morgan fingerprint density at radius 1 is 0.113 bits per heavy atom. The van der Waals surface area contributed by atoms with E-state index in [4.69, 9.17) is 24.9 Å². The topological polar surface area (TPSA) is 94.0 Å². The maximum atomic E-state index is 5.21. The Morgan fingerprint density at radius 2 is 0.340 bits per heavy atom. The average molecular weight is 1920 g/mol. The van der Waals surface area contributed by atoms with Gasteiger partial charge in [-0.2, -0.15) is 0 Å². The number of benzene rings is 22. The largest absolute Gasteiger partial charge is 0.309 e. The molecule has 0 radical (unpaired) electrons. The molecule has 0 amide bonds. The number of hydrogen-bond donors (Lipinski definition) is 0. The number of para-hydroxylation sites is 8. The Bertz CT molecular complexity index is 9950. The molecule has 0 fully saturated rings. The minimum atomic E-state index is 0.639. The molecule has 0 unspecified atom stereocenters. The van der Waals surface area contributed by atoms with Crippen molar-refractivity contribution in [3.63, 3.8) is 0 Å². The lowest BCUT2D eigenvalue weighted by Crippen LogP contribution is -2.04. The van der Waals surface area contributed by atoms with E-state index in [1.807, 2.05) is 72.8 Å². The molecule has 30 aromatic rings. The Kier molecular flexibility index (Phi) is 21.7. The van der Waals surface area contributed by atoms with Crippen molar-refractivity contribution < 1.29 is 0 Å². The third-order valence-electron chi connectivity index (χ3n) is 29.4. The molecule has 30 rings (SSSR count). The first kappa shape index (κ1) is 87.5. The van der Waals surface area contributed by atoms with Gasteiger partial charge in [0.2, 0.25) is 5.95 Å². The number of aromatic nitrogens is 11. The Morgan fingerprint density at radius 3 is 0.653 bits per heavy atom. The zero-order chi connectivity index (χ0) is 99.1. The fourth-order valence-electron chi connectivity index (χ4n) is 22.6. The monoisotopic (exact) mass is 1910 g/mol. The van der Waals surface area contributed by atoms with Crippen molar-refractivity contribution in [1.29, 1.82) is 0 Å². The van der Waals surface area contributed by atoms with Crippen LogP contribution in [-0.2, 0) is 0 Å². The summed E-state index contributed by atoms with van der Waals surface area (Å²) in [5.74, 6) is 2.60. The van der Waals surface area contributed by atoms with Crippen molar-refractivity contribution in [2.24, 2.45) is 0 Å². The summed E-state index contributed by atoms with van der Waals surface area (Å²) in [4.78, 5) is 25.2. The number of nitrogens with zero attached hydrogens (tertiary/aromatic N) is 11. The second-order valence-electron chi connectivity index (χ2n) is 38.1. The lowest BCUT2D eigenvalue weighted by molar-refractivity contribution is 0.996. The lowest BCUT2D eigenvalue weighted by atomic mass is 9.98. The predicted octanol–water partition coefficient (Wildman–Crippen LogP) is 35.6. The summed E-state index contributed by atoms with van der Waals surface area (Å²) >= 11 is 0. The van der Waals surface area contributed by atoms with Crippen molar-refractivity contribution in [3.8, 4) is 136 Å². The summed E-state index contributed by atoms with van der Waals surface area (Å²) in [6.45, 7) is 0. The molecular weight excluding hydrogens is 1820 g/mol. The van der Waals surface area contributed by atoms with E-state index in [1.54, 1.807) is 0 Å². The summed E-state index contributed by atoms with van der Waals surface area (Å²) in [5.41, 5.74) is 35.9. The first-order valence-electron chi connectivity index (χ1n) is 50.9. The standard InChI is InChI=1S/C54H36N2.C45H29N5.C40H26N4/c1-5-17-37(18-6-1)41-31-42(38-19-7-2-8-20-38)34-45(33-41)55-49-27-15-13-25-47(49)53-51(55)29-30-52-54(53)48-26-14-16-28-50(48)56(52)46-35-43(39-21-9-3-10-22-39)32-44(36-46)40-23-11-4-12-24-40;1-4-14-30(15-5-1)43-46-44(31-16-6-2-7-17-31)48-45(47-43)32-24-26-34(27-25-32)50-40-23-13-11-21-36(40)38-28-37-35-20-10-12-22-39(35)49(41(37)29-42(38)50)33-18-8-3-9-19-33;1-4-14-27(15-5-1)32-26-33(28-16-6-2-7-17-28)42-40(41-32)44-35-23-13-11-21-31(35)39-37(44)25-24-36-38(39)30-20-10-12-22-34(30)43(36)29-18-8-3-9-19-29/h1-36H;1-29H;1-26H. The fraction of sp³-hybridized carbons (Fsp3) is 0. The third kappa shape index (κ3) is 15.3. The van der Waals surface area contributed by atoms with E-state index in [-0.39, 0.29) is 0 Å². The molecule has 8 aromatic heterocycles. The zero-order valence-electron chi connectivity index (χ0n) is 81.5. The molecule has 0 aliphatic rings. The van der Waals surface area contributed by atoms with Crippen LogP contribution >= 0.6 is 0 Å². The maximum absolute atomic E-state index is 5.21. The normalized spacial score (nSPS) is 11.6. The van der Waals surface area contributed by atoms with Crippen LogP contribution in [0.15, 0.2) is 552 Å². The van der Waals surface area contributed by atoms with Gasteiger partial charge in [-0.05, 0) is 208 Å². The van der Waals surface area contributed by atoms with Crippen LogP contribution in [-0.4, -0.2) is 52.3 Å². The van der Waals surface area contributed by atoms with Gasteiger partial charge in [-0.15, -0.1) is 0 Å². The molecule has 0 N–H and O–H groups in total. The molecule has 11 nitrogen and oxygen atoms in total. The van der Waals surface area contributed by atoms with Crippen molar-refractivity contribution >= 4 is 131 Å². The van der Waals surface area contributed by atoms with Gasteiger partial charge in [0.1, 0.15) is 0 Å². The van der Waals surface area contributed by atoms with Crippen LogP contribution in [0.2, 0.25) is 0 Å². The van der Waals surface area contributed by atoms with E-state index in [1.165, 1.54) is 153 Å². The number of fused-ring (bicyclic) bond motifs is 20. The van der Waals surface area contributed by atoms with Crippen molar-refractivity contribution in [2.45, 2.75) is 0 Å². The first-order valence-corrected chi connectivity index (χ1v) is 50.9. The Balaban J connectivity index is 0.000000109. The van der Waals surface area contributed by atoms with Gasteiger partial charge in [-0.25, -0.2) is 24.9 Å². The van der Waals surface area contributed by atoms with E-state index in [0.29, 0.717) is 23.4 Å². The average Bonchev–Trinajstić information content (AvgIpc) is 1.55. The molecule has 0 saturated carbocycles. The highest BCUT2D eigenvalue weighted by molar-refractivity contribution is 6.31. The summed E-state index contributed by atoms with van der Waals surface area (Å²) in [5, 5.41) is 14.8. The summed E-state index contributed by atoms with van der Waals surface area (Å²) in [6, 6.07) is 196. The molecule has 0 aliphatic heterocycles. The van der Waals surface area contributed by atoms with E-state index < -0.39 is 0 Å². The van der Waals surface area contributed by atoms with Crippen LogP contribution < -0.4 is 0 Å². The summed E-state index contributed by atoms with van der Waals surface area (Å²) < 4.78 is 14.3. The molecule has 0 aliphatic carbocycles. The first-order chi connectivity index (χ1) is 74.4. The van der Waals surface area contributed by atoms with Crippen LogP contribution in [0.1, 0.15) is 0 Å². The van der Waals surface area contributed by atoms with Gasteiger partial charge in [0.25, 0.3) is 0 Å². The van der Waals surface area contributed by atoms with Gasteiger partial charge >= 0.3 is 0 Å². The molecular formula is C139H91N11. The van der Waals surface area contributed by atoms with E-state index in [9.17, 15) is 0 Å². The van der Waals surface area contributed by atoms with Gasteiger partial charge in [0.05, 0.1) is 77.6 Å². The molecule has 22 aromatic carbocycles. The van der Waals surface area contributed by atoms with Gasteiger partial charge in [0.15, 0.2) is 17.5 Å². The SMILES string of the molecule is c1ccc(-c2cc(-c3ccccc3)cc(-n3c4ccccc4c4c5c6ccccc6n(-c6cc(-c7ccccc7)cc(-c7ccccc7)c6)c5ccc43)c2)cc1.c1ccc(-c2cc(-c3ccccc3)nc(-n3c4ccccc4c4c5c6ccccc6n(-c6ccccc6)c5ccc43)n2)cc1.c1ccc(-c2nc(-c3ccccc3)nc(-c3ccc(-n4c5ccccc5c5cc6c7ccccc7n(-c7ccccc7)c6cc54)cc3)n2)cc1. The van der Waals surface area contributed by atoms with Crippen molar-refractivity contribution in [3.05, 3.63) is 552 Å². The highest BCUT2D eigenvalue weighted by Crippen LogP contribution is 2.49. The van der Waals surface area contributed by atoms with E-state index in [0.717, 1.165) is 89.7 Å². The molecule has 0 spiro atoms. The van der Waals surface area contributed by atoms with Crippen LogP contribution in [0.4, 0.5) is 0 Å². The van der Waals surface area contributed by atoms with Gasteiger partial charge < -0.3 is 22.8 Å². The molecule has 150 heavy (non-hydrogen) atoms. The van der Waals surface area contributed by atoms with Crippen LogP contribution in [0.5, 0.6) is 0 Å². The predicted molar refractivity (Wildman–Crippen MR) is 623 cm³/mol. The van der Waals surface area contributed by atoms with Crippen molar-refractivity contribution in [1.82, 2.24) is 52.3 Å². The number of hydrogen-bond acceptors (Lipinski definition) is 5. The van der Waals surface area contributed by atoms with E-state index >= 15 is 0 Å². The second-order valence-corrected chi connectivity index (χ2v) is 38.1. The Hall–Kier alpha value is -20.3. The van der Waals surface area contributed by atoms with Crippen LogP contribution in [0, 0.1) is 0 Å². The minimum absolute atomic E-state index is 0.639. The quantitative estimate of drug-likeness (QED) is 0.102. The summed E-state index contributed by atoms with van der Waals surface area (Å²) in [7, 11) is 0.